The predicted molar refractivity (Wildman–Crippen MR) is 91.8 cm³/mol. The first-order valence-corrected chi connectivity index (χ1v) is 8.07. The van der Waals surface area contributed by atoms with E-state index in [4.69, 9.17) is 5.73 Å². The van der Waals surface area contributed by atoms with Gasteiger partial charge >= 0.3 is 0 Å². The Morgan fingerprint density at radius 1 is 1.12 bits per heavy atom. The van der Waals surface area contributed by atoms with Crippen LogP contribution in [-0.4, -0.2) is 16.3 Å². The molecule has 1 fully saturated rings. The van der Waals surface area contributed by atoms with Crippen molar-refractivity contribution in [1.29, 1.82) is 0 Å². The van der Waals surface area contributed by atoms with Crippen molar-refractivity contribution in [2.24, 2.45) is 5.73 Å². The molecule has 0 saturated heterocycles. The fraction of sp³-hybridized carbons (Fsp3) is 0.200. The van der Waals surface area contributed by atoms with Gasteiger partial charge in [0.2, 0.25) is 0 Å². The van der Waals surface area contributed by atoms with E-state index in [1.165, 1.54) is 0 Å². The minimum Gasteiger partial charge on any atom is -0.363 e. The first-order chi connectivity index (χ1) is 11.7. The number of ketones is 1. The quantitative estimate of drug-likeness (QED) is 0.580. The molecule has 0 atom stereocenters. The molecule has 1 amide bonds. The van der Waals surface area contributed by atoms with Gasteiger partial charge in [0.15, 0.2) is 0 Å². The molecule has 119 valence electrons. The molecule has 1 aromatic heterocycles. The van der Waals surface area contributed by atoms with Crippen LogP contribution in [-0.2, 0) is 11.3 Å². The standard InChI is InChI=1S/C20H17N2O2/c21-20(24)19(23)17-15-8-4-5-9-16(15)22(18(17)14-10-11-14)12-13-6-2-1-3-7-13/h1-7,9,14H,10-12H2,(H2,21,24). The molecule has 0 unspecified atom stereocenters. The summed E-state index contributed by atoms with van der Waals surface area (Å²) in [5.74, 6) is -1.21. The highest BCUT2D eigenvalue weighted by Gasteiger charge is 2.35. The number of aromatic nitrogens is 1. The van der Waals surface area contributed by atoms with Crippen LogP contribution in [0.2, 0.25) is 0 Å². The summed E-state index contributed by atoms with van der Waals surface area (Å²) >= 11 is 0. The lowest BCUT2D eigenvalue weighted by Crippen LogP contribution is -2.24. The zero-order chi connectivity index (χ0) is 16.7. The van der Waals surface area contributed by atoms with E-state index in [1.807, 2.05) is 30.3 Å². The maximum atomic E-state index is 12.5. The summed E-state index contributed by atoms with van der Waals surface area (Å²) in [4.78, 5) is 24.0. The normalized spacial score (nSPS) is 14.0. The molecular weight excluding hydrogens is 300 g/mol. The number of amides is 1. The van der Waals surface area contributed by atoms with Crippen molar-refractivity contribution in [2.75, 3.05) is 0 Å². The van der Waals surface area contributed by atoms with E-state index in [0.29, 0.717) is 23.4 Å². The van der Waals surface area contributed by atoms with Crippen LogP contribution in [0.25, 0.3) is 10.9 Å². The summed E-state index contributed by atoms with van der Waals surface area (Å²) < 4.78 is 2.15. The van der Waals surface area contributed by atoms with Crippen molar-refractivity contribution in [3.05, 3.63) is 71.4 Å². The summed E-state index contributed by atoms with van der Waals surface area (Å²) in [7, 11) is 0. The number of carbonyl (C=O) groups is 2. The van der Waals surface area contributed by atoms with Crippen LogP contribution >= 0.6 is 0 Å². The lowest BCUT2D eigenvalue weighted by atomic mass is 10.0. The van der Waals surface area contributed by atoms with Crippen LogP contribution in [0.4, 0.5) is 0 Å². The third-order valence-corrected chi connectivity index (χ3v) is 4.52. The lowest BCUT2D eigenvalue weighted by Gasteiger charge is -2.11. The maximum absolute atomic E-state index is 12.5. The molecule has 0 bridgehead atoms. The Balaban J connectivity index is 1.96. The zero-order valence-electron chi connectivity index (χ0n) is 13.2. The van der Waals surface area contributed by atoms with Crippen molar-refractivity contribution in [3.8, 4) is 0 Å². The Kier molecular flexibility index (Phi) is 3.45. The second-order valence-electron chi connectivity index (χ2n) is 6.23. The monoisotopic (exact) mass is 317 g/mol. The van der Waals surface area contributed by atoms with Crippen LogP contribution in [0.5, 0.6) is 0 Å². The number of nitrogens with two attached hydrogens (primary N) is 1. The number of fused-ring (bicyclic) bond motifs is 1. The molecule has 4 heteroatoms. The molecule has 1 radical (unpaired) electrons. The average molecular weight is 317 g/mol. The van der Waals surface area contributed by atoms with Crippen molar-refractivity contribution in [1.82, 2.24) is 4.57 Å². The van der Waals surface area contributed by atoms with Crippen LogP contribution < -0.4 is 5.73 Å². The average Bonchev–Trinajstić information content (AvgIpc) is 3.39. The molecule has 1 saturated carbocycles. The van der Waals surface area contributed by atoms with Crippen molar-refractivity contribution in [3.63, 3.8) is 0 Å². The number of hydrogen-bond donors (Lipinski definition) is 1. The molecule has 0 spiro atoms. The van der Waals surface area contributed by atoms with Gasteiger partial charge in [0, 0.05) is 29.1 Å². The second kappa shape index (κ2) is 5.64. The van der Waals surface area contributed by atoms with Gasteiger partial charge in [0.25, 0.3) is 11.7 Å². The Bertz CT molecular complexity index is 937. The Labute approximate surface area is 139 Å². The van der Waals surface area contributed by atoms with Crippen molar-refractivity contribution >= 4 is 22.6 Å². The molecule has 3 aromatic rings. The number of benzene rings is 2. The number of Topliss-reactive ketones (excluding diaryl/α,β-unsaturated/α-hetero) is 1. The first kappa shape index (κ1) is 14.7. The molecule has 1 heterocycles. The van der Waals surface area contributed by atoms with Gasteiger partial charge in [-0.1, -0.05) is 42.5 Å². The van der Waals surface area contributed by atoms with Gasteiger partial charge in [0.05, 0.1) is 5.56 Å². The summed E-state index contributed by atoms with van der Waals surface area (Å²) in [6.45, 7) is 0.660. The van der Waals surface area contributed by atoms with E-state index in [1.54, 1.807) is 6.07 Å². The minimum absolute atomic E-state index is 0.313. The summed E-state index contributed by atoms with van der Waals surface area (Å²) in [5.41, 5.74) is 8.75. The van der Waals surface area contributed by atoms with E-state index in [-0.39, 0.29) is 0 Å². The van der Waals surface area contributed by atoms with Crippen LogP contribution in [0.1, 0.15) is 40.4 Å². The van der Waals surface area contributed by atoms with Crippen LogP contribution in [0.3, 0.4) is 0 Å². The highest BCUT2D eigenvalue weighted by atomic mass is 16.2. The zero-order valence-corrected chi connectivity index (χ0v) is 13.2. The molecule has 24 heavy (non-hydrogen) atoms. The topological polar surface area (TPSA) is 65.1 Å². The van der Waals surface area contributed by atoms with Gasteiger partial charge in [0.1, 0.15) is 0 Å². The van der Waals surface area contributed by atoms with Gasteiger partial charge in [-0.15, -0.1) is 0 Å². The highest BCUT2D eigenvalue weighted by molar-refractivity contribution is 6.45. The SMILES string of the molecule is NC(=O)C(=O)c1c(C2CC2)n(Cc2ccccc2)c2ccc[c]c12. The van der Waals surface area contributed by atoms with E-state index >= 15 is 0 Å². The highest BCUT2D eigenvalue weighted by Crippen LogP contribution is 2.45. The second-order valence-corrected chi connectivity index (χ2v) is 6.23. The first-order valence-electron chi connectivity index (χ1n) is 8.07. The number of hydrogen-bond acceptors (Lipinski definition) is 2. The largest absolute Gasteiger partial charge is 0.363 e. The summed E-state index contributed by atoms with van der Waals surface area (Å²) in [5, 5.41) is 0.694. The molecule has 1 aliphatic rings. The van der Waals surface area contributed by atoms with E-state index in [2.05, 4.69) is 22.8 Å². The van der Waals surface area contributed by atoms with Crippen LogP contribution in [0.15, 0.2) is 48.5 Å². The number of carbonyl (C=O) groups excluding carboxylic acids is 2. The fourth-order valence-electron chi connectivity index (χ4n) is 3.32. The molecule has 0 aliphatic heterocycles. The molecular formula is C20H17N2O2. The third kappa shape index (κ3) is 2.40. The lowest BCUT2D eigenvalue weighted by molar-refractivity contribution is -0.114. The Morgan fingerprint density at radius 2 is 1.88 bits per heavy atom. The van der Waals surface area contributed by atoms with Gasteiger partial charge in [-0.3, -0.25) is 9.59 Å². The molecule has 1 aliphatic carbocycles. The van der Waals surface area contributed by atoms with Crippen molar-refractivity contribution in [2.45, 2.75) is 25.3 Å². The van der Waals surface area contributed by atoms with E-state index in [0.717, 1.165) is 29.6 Å². The molecule has 4 nitrogen and oxygen atoms in total. The molecule has 4 rings (SSSR count). The van der Waals surface area contributed by atoms with Crippen molar-refractivity contribution < 1.29 is 9.59 Å². The Hall–Kier alpha value is -2.88. The fourth-order valence-corrected chi connectivity index (χ4v) is 3.32. The number of rotatable bonds is 5. The van der Waals surface area contributed by atoms with Gasteiger partial charge < -0.3 is 10.3 Å². The third-order valence-electron chi connectivity index (χ3n) is 4.52. The maximum Gasteiger partial charge on any atom is 0.289 e. The van der Waals surface area contributed by atoms with Gasteiger partial charge in [-0.05, 0) is 30.5 Å². The number of primary amides is 1. The number of nitrogens with zero attached hydrogens (tertiary/aromatic N) is 1. The minimum atomic E-state index is -0.909. The van der Waals surface area contributed by atoms with E-state index < -0.39 is 11.7 Å². The summed E-state index contributed by atoms with van der Waals surface area (Å²) in [6.07, 6.45) is 2.06. The summed E-state index contributed by atoms with van der Waals surface area (Å²) in [6, 6.07) is 18.9. The molecule has 2 aromatic carbocycles. The smallest absolute Gasteiger partial charge is 0.289 e. The Morgan fingerprint density at radius 3 is 2.54 bits per heavy atom. The molecule has 2 N–H and O–H groups in total. The predicted octanol–water partition coefficient (Wildman–Crippen LogP) is 3.04. The van der Waals surface area contributed by atoms with E-state index in [9.17, 15) is 9.59 Å². The van der Waals surface area contributed by atoms with Gasteiger partial charge in [-0.2, -0.15) is 0 Å². The van der Waals surface area contributed by atoms with Gasteiger partial charge in [-0.25, -0.2) is 0 Å². The van der Waals surface area contributed by atoms with Crippen LogP contribution in [0, 0.1) is 6.07 Å².